The average Bonchev–Trinajstić information content (AvgIpc) is 3.21. The van der Waals surface area contributed by atoms with E-state index in [1.807, 2.05) is 0 Å². The molecule has 0 aliphatic heterocycles. The van der Waals surface area contributed by atoms with E-state index in [-0.39, 0.29) is 11.5 Å². The number of aromatic nitrogens is 4. The van der Waals surface area contributed by atoms with Crippen molar-refractivity contribution in [1.29, 1.82) is 0 Å². The number of hydrogen-bond acceptors (Lipinski definition) is 7. The molecule has 0 fully saturated rings. The van der Waals surface area contributed by atoms with Crippen molar-refractivity contribution in [2.75, 3.05) is 24.2 Å². The van der Waals surface area contributed by atoms with Crippen molar-refractivity contribution in [2.45, 2.75) is 72.4 Å². The quantitative estimate of drug-likeness (QED) is 0.283. The lowest BCUT2D eigenvalue weighted by Gasteiger charge is -2.28. The molecule has 0 amide bonds. The summed E-state index contributed by atoms with van der Waals surface area (Å²) in [5, 5.41) is 5.00. The number of nitrogens with one attached hydrogen (secondary N) is 2. The normalized spacial score (nSPS) is 12.8. The molecule has 0 aliphatic rings. The lowest BCUT2D eigenvalue weighted by Crippen LogP contribution is -2.55. The molecule has 2 N–H and O–H groups in total. The third-order valence-corrected chi connectivity index (χ3v) is 6.35. The van der Waals surface area contributed by atoms with E-state index in [2.05, 4.69) is 52.9 Å². The molecule has 0 spiro atoms. The lowest BCUT2D eigenvalue weighted by molar-refractivity contribution is -0.350. The van der Waals surface area contributed by atoms with Gasteiger partial charge in [-0.05, 0) is 31.7 Å². The predicted octanol–water partition coefficient (Wildman–Crippen LogP) is 7.88. The van der Waals surface area contributed by atoms with E-state index in [1.165, 1.54) is 38.1 Å². The molecule has 0 aromatic carbocycles. The second-order valence-corrected chi connectivity index (χ2v) is 10.8. The fraction of sp³-hybridized carbons (Fsp3) is 0.583. The summed E-state index contributed by atoms with van der Waals surface area (Å²) >= 11 is 1.30. The fourth-order valence-electron chi connectivity index (χ4n) is 3.44. The maximum absolute atomic E-state index is 13.5. The summed E-state index contributed by atoms with van der Waals surface area (Å²) < 4.78 is 90.9. The predicted molar refractivity (Wildman–Crippen MR) is 136 cm³/mol. The van der Waals surface area contributed by atoms with Gasteiger partial charge in [0, 0.05) is 13.2 Å². The molecular weight excluding hydrogens is 537 g/mol. The Morgan fingerprint density at radius 1 is 0.921 bits per heavy atom. The number of halogens is 7. The maximum Gasteiger partial charge on any atom is 0.459 e. The van der Waals surface area contributed by atoms with E-state index < -0.39 is 30.5 Å². The number of thiazole rings is 1. The van der Waals surface area contributed by atoms with Gasteiger partial charge >= 0.3 is 18.0 Å². The van der Waals surface area contributed by atoms with Crippen LogP contribution in [0.5, 0.6) is 0 Å². The average molecular weight is 569 g/mol. The van der Waals surface area contributed by atoms with E-state index >= 15 is 0 Å². The summed E-state index contributed by atoms with van der Waals surface area (Å²) in [6.07, 6.45) is -2.14. The highest BCUT2D eigenvalue weighted by Gasteiger charge is 2.72. The van der Waals surface area contributed by atoms with Gasteiger partial charge < -0.3 is 10.6 Å². The summed E-state index contributed by atoms with van der Waals surface area (Å²) in [6.45, 7) is 10.3. The Morgan fingerprint density at radius 3 is 2.03 bits per heavy atom. The molecule has 3 rings (SSSR count). The third-order valence-electron chi connectivity index (χ3n) is 5.31. The highest BCUT2D eigenvalue weighted by atomic mass is 32.1. The van der Waals surface area contributed by atoms with E-state index in [9.17, 15) is 30.7 Å². The SMILES string of the molecule is CCCC(C)(C)C.CNc1nc(NCC(F)(F)C(F)(F)C(F)(F)F)nc(C)c1-c1nc2c(C)nccc2s1. The van der Waals surface area contributed by atoms with Crippen LogP contribution in [-0.4, -0.2) is 51.5 Å². The minimum Gasteiger partial charge on any atom is -0.372 e. The number of pyridine rings is 1. The molecule has 0 unspecified atom stereocenters. The Morgan fingerprint density at radius 2 is 1.55 bits per heavy atom. The van der Waals surface area contributed by atoms with Crippen molar-refractivity contribution >= 4 is 33.3 Å². The van der Waals surface area contributed by atoms with Gasteiger partial charge in [-0.25, -0.2) is 9.97 Å². The van der Waals surface area contributed by atoms with Gasteiger partial charge in [0.1, 0.15) is 16.3 Å². The largest absolute Gasteiger partial charge is 0.459 e. The van der Waals surface area contributed by atoms with Crippen LogP contribution in [0, 0.1) is 19.3 Å². The zero-order valence-corrected chi connectivity index (χ0v) is 22.9. The van der Waals surface area contributed by atoms with Gasteiger partial charge in [0.25, 0.3) is 0 Å². The van der Waals surface area contributed by atoms with Crippen LogP contribution in [0.3, 0.4) is 0 Å². The maximum atomic E-state index is 13.5. The molecule has 6 nitrogen and oxygen atoms in total. The standard InChI is InChI=1S/C17H15F7N6S.C7H16/c1-7-10(13-29-11-8(2)26-5-4-9(11)31-13)12(25-3)30-14(28-7)27-6-15(18,19)16(20,21)17(22,23)24;1-5-6-7(2,3)4/h4-5H,6H2,1-3H3,(H2,25,27,28,30);5-6H2,1-4H3. The van der Waals surface area contributed by atoms with Crippen molar-refractivity contribution < 1.29 is 30.7 Å². The topological polar surface area (TPSA) is 75.6 Å². The lowest BCUT2D eigenvalue weighted by atomic mass is 9.91. The zero-order chi connectivity index (χ0) is 29.1. The Bertz CT molecular complexity index is 1240. The second-order valence-electron chi connectivity index (χ2n) is 9.81. The minimum atomic E-state index is -6.41. The first-order valence-corrected chi connectivity index (χ1v) is 12.5. The Hall–Kier alpha value is -2.77. The second kappa shape index (κ2) is 11.5. The molecule has 0 aliphatic carbocycles. The number of rotatable bonds is 7. The summed E-state index contributed by atoms with van der Waals surface area (Å²) in [5.41, 5.74) is 2.57. The van der Waals surface area contributed by atoms with Gasteiger partial charge in [0.15, 0.2) is 0 Å². The van der Waals surface area contributed by atoms with Gasteiger partial charge in [0.2, 0.25) is 5.95 Å². The number of anilines is 2. The number of fused-ring (bicyclic) bond motifs is 1. The van der Waals surface area contributed by atoms with Crippen LogP contribution < -0.4 is 10.6 Å². The molecule has 0 atom stereocenters. The number of aryl methyl sites for hydroxylation is 2. The van der Waals surface area contributed by atoms with E-state index in [0.717, 1.165) is 4.70 Å². The summed E-state index contributed by atoms with van der Waals surface area (Å²) in [6, 6.07) is 1.76. The van der Waals surface area contributed by atoms with Gasteiger partial charge in [0.05, 0.1) is 28.2 Å². The van der Waals surface area contributed by atoms with Gasteiger partial charge in [-0.3, -0.25) is 4.98 Å². The molecule has 3 aromatic rings. The summed E-state index contributed by atoms with van der Waals surface area (Å²) in [7, 11) is 1.47. The van der Waals surface area contributed by atoms with Crippen LogP contribution in [0.25, 0.3) is 20.8 Å². The first-order valence-electron chi connectivity index (χ1n) is 11.7. The number of nitrogens with zero attached hydrogens (tertiary/aromatic N) is 4. The minimum absolute atomic E-state index is 0.130. The molecule has 38 heavy (non-hydrogen) atoms. The molecule has 0 radical (unpaired) electrons. The number of hydrogen-bond donors (Lipinski definition) is 2. The molecule has 212 valence electrons. The summed E-state index contributed by atoms with van der Waals surface area (Å²) in [4.78, 5) is 16.5. The van der Waals surface area contributed by atoms with Crippen LogP contribution in [-0.2, 0) is 0 Å². The molecule has 3 aromatic heterocycles. The number of alkyl halides is 7. The van der Waals surface area contributed by atoms with E-state index in [0.29, 0.717) is 27.2 Å². The Kier molecular flexibility index (Phi) is 9.55. The Labute approximate surface area is 220 Å². The molecule has 0 bridgehead atoms. The van der Waals surface area contributed by atoms with Crippen LogP contribution in [0.2, 0.25) is 0 Å². The third kappa shape index (κ3) is 7.20. The molecular formula is C24H31F7N6S. The molecule has 0 saturated carbocycles. The monoisotopic (exact) mass is 568 g/mol. The molecule has 0 saturated heterocycles. The first kappa shape index (κ1) is 31.4. The van der Waals surface area contributed by atoms with Gasteiger partial charge in [-0.2, -0.15) is 35.7 Å². The molecule has 3 heterocycles. The van der Waals surface area contributed by atoms with Crippen LogP contribution in [0.4, 0.5) is 42.5 Å². The Balaban J connectivity index is 0.000000638. The van der Waals surface area contributed by atoms with Crippen molar-refractivity contribution in [3.05, 3.63) is 23.7 Å². The van der Waals surface area contributed by atoms with E-state index in [4.69, 9.17) is 0 Å². The van der Waals surface area contributed by atoms with Crippen molar-refractivity contribution in [3.8, 4) is 10.6 Å². The van der Waals surface area contributed by atoms with Gasteiger partial charge in [-0.1, -0.05) is 34.1 Å². The van der Waals surface area contributed by atoms with Crippen molar-refractivity contribution in [2.24, 2.45) is 5.41 Å². The first-order chi connectivity index (χ1) is 17.3. The highest BCUT2D eigenvalue weighted by molar-refractivity contribution is 7.21. The fourth-order valence-corrected chi connectivity index (χ4v) is 4.55. The van der Waals surface area contributed by atoms with Crippen molar-refractivity contribution in [3.63, 3.8) is 0 Å². The van der Waals surface area contributed by atoms with E-state index in [1.54, 1.807) is 24.5 Å². The van der Waals surface area contributed by atoms with Crippen LogP contribution in [0.1, 0.15) is 51.9 Å². The smallest absolute Gasteiger partial charge is 0.372 e. The van der Waals surface area contributed by atoms with Crippen LogP contribution >= 0.6 is 11.3 Å². The summed E-state index contributed by atoms with van der Waals surface area (Å²) in [5.74, 6) is -12.0. The molecule has 14 heteroatoms. The van der Waals surface area contributed by atoms with Gasteiger partial charge in [-0.15, -0.1) is 11.3 Å². The zero-order valence-electron chi connectivity index (χ0n) is 22.1. The highest BCUT2D eigenvalue weighted by Crippen LogP contribution is 2.46. The van der Waals surface area contributed by atoms with Crippen molar-refractivity contribution in [1.82, 2.24) is 19.9 Å². The van der Waals surface area contributed by atoms with Crippen LogP contribution in [0.15, 0.2) is 12.3 Å².